The van der Waals surface area contributed by atoms with Crippen LogP contribution in [0.3, 0.4) is 0 Å². The van der Waals surface area contributed by atoms with Crippen molar-refractivity contribution in [3.05, 3.63) is 0 Å². The van der Waals surface area contributed by atoms with Crippen molar-refractivity contribution >= 4 is 23.5 Å². The fourth-order valence-corrected chi connectivity index (χ4v) is 3.70. The van der Waals surface area contributed by atoms with E-state index in [1.54, 1.807) is 0 Å². The molecule has 0 aromatic carbocycles. The standard InChI is InChI=1S/C6H15O15P3/c7-1-2(8)5(20-23(13,14)15)6(21-24(16,17)18)3(9)4(1)19-22(10,11)12/h1-9H,(H2,10,11,12)(H2,13,14,15)(H2,16,17,18)/t1-,2-,3-,4-,5+,6-/m1/s1. The van der Waals surface area contributed by atoms with Crippen LogP contribution in [0.15, 0.2) is 0 Å². The monoisotopic (exact) mass is 420 g/mol. The molecule has 15 nitrogen and oxygen atoms in total. The van der Waals surface area contributed by atoms with Gasteiger partial charge in [0.1, 0.15) is 36.6 Å². The van der Waals surface area contributed by atoms with Gasteiger partial charge in [0.05, 0.1) is 0 Å². The molecule has 24 heavy (non-hydrogen) atoms. The highest BCUT2D eigenvalue weighted by Gasteiger charge is 2.56. The number of rotatable bonds is 6. The maximum absolute atomic E-state index is 10.9. The summed E-state index contributed by atoms with van der Waals surface area (Å²) in [5.74, 6) is 0. The molecule has 0 aliphatic heterocycles. The van der Waals surface area contributed by atoms with Gasteiger partial charge in [-0.25, -0.2) is 13.7 Å². The molecule has 1 saturated carbocycles. The topological polar surface area (TPSA) is 261 Å². The number of aliphatic hydroxyl groups excluding tert-OH is 3. The van der Waals surface area contributed by atoms with E-state index in [0.717, 1.165) is 0 Å². The van der Waals surface area contributed by atoms with Gasteiger partial charge >= 0.3 is 23.5 Å². The van der Waals surface area contributed by atoms with Gasteiger partial charge in [-0.05, 0) is 0 Å². The summed E-state index contributed by atoms with van der Waals surface area (Å²) >= 11 is 0. The van der Waals surface area contributed by atoms with Crippen LogP contribution in [0.4, 0.5) is 0 Å². The van der Waals surface area contributed by atoms with E-state index in [9.17, 15) is 29.0 Å². The summed E-state index contributed by atoms with van der Waals surface area (Å²) in [4.78, 5) is 52.4. The minimum atomic E-state index is -5.43. The smallest absolute Gasteiger partial charge is 0.387 e. The lowest BCUT2D eigenvalue weighted by Gasteiger charge is -2.44. The molecule has 0 aromatic heterocycles. The molecule has 1 aliphatic carbocycles. The van der Waals surface area contributed by atoms with Crippen LogP contribution in [0.2, 0.25) is 0 Å². The summed E-state index contributed by atoms with van der Waals surface area (Å²) in [5, 5.41) is 29.3. The van der Waals surface area contributed by atoms with E-state index in [1.165, 1.54) is 0 Å². The molecule has 0 spiro atoms. The van der Waals surface area contributed by atoms with E-state index in [0.29, 0.717) is 0 Å². The van der Waals surface area contributed by atoms with Crippen molar-refractivity contribution in [2.45, 2.75) is 36.6 Å². The van der Waals surface area contributed by atoms with Crippen molar-refractivity contribution in [3.8, 4) is 0 Å². The third-order valence-electron chi connectivity index (χ3n) is 2.80. The molecule has 144 valence electrons. The molecule has 9 N–H and O–H groups in total. The van der Waals surface area contributed by atoms with Crippen molar-refractivity contribution in [1.29, 1.82) is 0 Å². The second-order valence-electron chi connectivity index (χ2n) is 4.65. The average Bonchev–Trinajstić information content (AvgIpc) is 2.32. The summed E-state index contributed by atoms with van der Waals surface area (Å²) in [6.07, 6.45) is -14.3. The Labute approximate surface area is 133 Å². The Hall–Kier alpha value is 0.210. The van der Waals surface area contributed by atoms with Crippen molar-refractivity contribution < 1.29 is 71.9 Å². The third-order valence-corrected chi connectivity index (χ3v) is 4.35. The van der Waals surface area contributed by atoms with Crippen LogP contribution >= 0.6 is 23.5 Å². The minimum absolute atomic E-state index is 2.32. The van der Waals surface area contributed by atoms with E-state index >= 15 is 0 Å². The fraction of sp³-hybridized carbons (Fsp3) is 1.00. The normalized spacial score (nSPS) is 35.9. The van der Waals surface area contributed by atoms with Crippen LogP contribution in [0.25, 0.3) is 0 Å². The fourth-order valence-electron chi connectivity index (χ4n) is 2.01. The second-order valence-corrected chi connectivity index (χ2v) is 8.23. The van der Waals surface area contributed by atoms with Gasteiger partial charge in [0.25, 0.3) is 0 Å². The predicted molar refractivity (Wildman–Crippen MR) is 68.8 cm³/mol. The molecule has 0 amide bonds. The van der Waals surface area contributed by atoms with E-state index in [-0.39, 0.29) is 0 Å². The Balaban J connectivity index is 3.23. The molecule has 0 aromatic rings. The van der Waals surface area contributed by atoms with Gasteiger partial charge in [0.15, 0.2) is 0 Å². The molecule has 0 heterocycles. The van der Waals surface area contributed by atoms with E-state index in [4.69, 9.17) is 29.4 Å². The molecular weight excluding hydrogens is 405 g/mol. The molecule has 0 saturated heterocycles. The molecule has 1 aliphatic rings. The zero-order valence-electron chi connectivity index (χ0n) is 11.3. The van der Waals surface area contributed by atoms with E-state index < -0.39 is 60.1 Å². The van der Waals surface area contributed by atoms with Gasteiger partial charge in [-0.3, -0.25) is 13.6 Å². The molecule has 6 atom stereocenters. The Morgan fingerprint density at radius 2 is 0.750 bits per heavy atom. The summed E-state index contributed by atoms with van der Waals surface area (Å²) in [6, 6.07) is 0. The van der Waals surface area contributed by atoms with Crippen LogP contribution < -0.4 is 0 Å². The van der Waals surface area contributed by atoms with Gasteiger partial charge in [0.2, 0.25) is 0 Å². The number of aliphatic hydroxyl groups is 3. The van der Waals surface area contributed by atoms with Crippen LogP contribution in [-0.4, -0.2) is 81.3 Å². The first-order valence-electron chi connectivity index (χ1n) is 5.78. The molecule has 18 heteroatoms. The van der Waals surface area contributed by atoms with Crippen molar-refractivity contribution in [2.75, 3.05) is 0 Å². The molecule has 0 unspecified atom stereocenters. The first-order valence-corrected chi connectivity index (χ1v) is 10.4. The highest BCUT2D eigenvalue weighted by Crippen LogP contribution is 2.49. The quantitative estimate of drug-likeness (QED) is 0.189. The number of hydrogen-bond donors (Lipinski definition) is 9. The molecule has 1 fully saturated rings. The van der Waals surface area contributed by atoms with Crippen molar-refractivity contribution in [3.63, 3.8) is 0 Å². The van der Waals surface area contributed by atoms with Gasteiger partial charge < -0.3 is 44.7 Å². The summed E-state index contributed by atoms with van der Waals surface area (Å²) in [7, 11) is -16.2. The Bertz CT molecular complexity index is 574. The van der Waals surface area contributed by atoms with Crippen LogP contribution in [0, 0.1) is 0 Å². The second kappa shape index (κ2) is 7.45. The highest BCUT2D eigenvalue weighted by molar-refractivity contribution is 7.46. The van der Waals surface area contributed by atoms with Gasteiger partial charge in [-0.2, -0.15) is 0 Å². The maximum Gasteiger partial charge on any atom is 0.470 e. The summed E-state index contributed by atoms with van der Waals surface area (Å²) < 4.78 is 44.7. The number of hydrogen-bond acceptors (Lipinski definition) is 9. The largest absolute Gasteiger partial charge is 0.470 e. The zero-order valence-corrected chi connectivity index (χ0v) is 14.0. The summed E-state index contributed by atoms with van der Waals surface area (Å²) in [5.41, 5.74) is 0. The van der Waals surface area contributed by atoms with Crippen LogP contribution in [0.1, 0.15) is 0 Å². The SMILES string of the molecule is O=P(O)(O)O[C@@H]1[C@H](O)[C@@H](O)[C@H](OP(=O)(O)O)[C@H](OP(=O)(O)O)[C@@H]1O. The first kappa shape index (κ1) is 22.3. The third kappa shape index (κ3) is 6.50. The molecule has 0 bridgehead atoms. The Morgan fingerprint density at radius 3 is 1.08 bits per heavy atom. The average molecular weight is 420 g/mol. The molecule has 0 radical (unpaired) electrons. The lowest BCUT2D eigenvalue weighted by molar-refractivity contribution is -0.212. The lowest BCUT2D eigenvalue weighted by Crippen LogP contribution is -2.65. The maximum atomic E-state index is 10.9. The molecule has 1 rings (SSSR count). The predicted octanol–water partition coefficient (Wildman–Crippen LogP) is -3.48. The number of phosphoric ester groups is 3. The highest BCUT2D eigenvalue weighted by atomic mass is 31.2. The first-order chi connectivity index (χ1) is 10.5. The van der Waals surface area contributed by atoms with Gasteiger partial charge in [-0.1, -0.05) is 0 Å². The zero-order chi connectivity index (χ0) is 19.1. The van der Waals surface area contributed by atoms with Crippen molar-refractivity contribution in [1.82, 2.24) is 0 Å². The van der Waals surface area contributed by atoms with E-state index in [2.05, 4.69) is 13.6 Å². The Morgan fingerprint density at radius 1 is 0.500 bits per heavy atom. The van der Waals surface area contributed by atoms with Crippen molar-refractivity contribution in [2.24, 2.45) is 0 Å². The Kier molecular flexibility index (Phi) is 6.90. The van der Waals surface area contributed by atoms with Crippen LogP contribution in [0.5, 0.6) is 0 Å². The lowest BCUT2D eigenvalue weighted by atomic mass is 9.85. The van der Waals surface area contributed by atoms with Crippen LogP contribution in [-0.2, 0) is 27.3 Å². The number of phosphoric acid groups is 3. The van der Waals surface area contributed by atoms with E-state index in [1.807, 2.05) is 0 Å². The van der Waals surface area contributed by atoms with Gasteiger partial charge in [-0.15, -0.1) is 0 Å². The van der Waals surface area contributed by atoms with Gasteiger partial charge in [0, 0.05) is 0 Å². The minimum Gasteiger partial charge on any atom is -0.387 e. The summed E-state index contributed by atoms with van der Waals surface area (Å²) in [6.45, 7) is 0. The molecular formula is C6H15O15P3.